The summed E-state index contributed by atoms with van der Waals surface area (Å²) in [5, 5.41) is 0. The standard InChI is InChI=1S/C16H26N2O3S/c1-13-5-7-16(8-6-13)22(19,20)17-11-14(2)18(9-10-21-4)15(3)12-17/h5-8,14-15H,9-12H2,1-4H3/t14-,15+. The van der Waals surface area contributed by atoms with Gasteiger partial charge in [0.1, 0.15) is 0 Å². The van der Waals surface area contributed by atoms with Crippen LogP contribution >= 0.6 is 0 Å². The number of sulfonamides is 1. The normalized spacial score (nSPS) is 24.5. The number of benzene rings is 1. The first-order valence-electron chi connectivity index (χ1n) is 7.67. The molecular formula is C16H26N2O3S. The van der Waals surface area contributed by atoms with Crippen LogP contribution in [0.25, 0.3) is 0 Å². The molecule has 0 saturated carbocycles. The number of hydrogen-bond acceptors (Lipinski definition) is 4. The summed E-state index contributed by atoms with van der Waals surface area (Å²) in [5.74, 6) is 0. The van der Waals surface area contributed by atoms with Crippen molar-refractivity contribution in [3.63, 3.8) is 0 Å². The first kappa shape index (κ1) is 17.4. The Kier molecular flexibility index (Phi) is 5.60. The van der Waals surface area contributed by atoms with E-state index in [0.29, 0.717) is 24.6 Å². The molecule has 124 valence electrons. The van der Waals surface area contributed by atoms with Gasteiger partial charge in [-0.05, 0) is 32.9 Å². The molecule has 0 spiro atoms. The predicted octanol–water partition coefficient (Wildman–Crippen LogP) is 1.72. The van der Waals surface area contributed by atoms with Crippen LogP contribution in [0, 0.1) is 6.92 Å². The van der Waals surface area contributed by atoms with Gasteiger partial charge in [0.25, 0.3) is 0 Å². The zero-order chi connectivity index (χ0) is 16.3. The van der Waals surface area contributed by atoms with E-state index in [0.717, 1.165) is 12.1 Å². The lowest BCUT2D eigenvalue weighted by Gasteiger charge is -2.43. The molecule has 0 unspecified atom stereocenters. The van der Waals surface area contributed by atoms with Gasteiger partial charge >= 0.3 is 0 Å². The molecule has 5 nitrogen and oxygen atoms in total. The lowest BCUT2D eigenvalue weighted by molar-refractivity contribution is 0.0496. The molecule has 0 aliphatic carbocycles. The number of hydrogen-bond donors (Lipinski definition) is 0. The van der Waals surface area contributed by atoms with E-state index in [4.69, 9.17) is 4.74 Å². The van der Waals surface area contributed by atoms with Crippen molar-refractivity contribution >= 4 is 10.0 Å². The van der Waals surface area contributed by atoms with Crippen molar-refractivity contribution < 1.29 is 13.2 Å². The van der Waals surface area contributed by atoms with E-state index < -0.39 is 10.0 Å². The van der Waals surface area contributed by atoms with Crippen LogP contribution in [0.2, 0.25) is 0 Å². The molecule has 6 heteroatoms. The Labute approximate surface area is 133 Å². The van der Waals surface area contributed by atoms with Crippen molar-refractivity contribution in [1.82, 2.24) is 9.21 Å². The van der Waals surface area contributed by atoms with Gasteiger partial charge in [-0.25, -0.2) is 8.42 Å². The van der Waals surface area contributed by atoms with Gasteiger partial charge in [0, 0.05) is 38.8 Å². The molecule has 1 heterocycles. The number of ether oxygens (including phenoxy) is 1. The number of nitrogens with zero attached hydrogens (tertiary/aromatic N) is 2. The fraction of sp³-hybridized carbons (Fsp3) is 0.625. The van der Waals surface area contributed by atoms with E-state index in [-0.39, 0.29) is 12.1 Å². The van der Waals surface area contributed by atoms with Crippen LogP contribution in [0.4, 0.5) is 0 Å². The minimum atomic E-state index is -3.41. The molecule has 0 aromatic heterocycles. The van der Waals surface area contributed by atoms with E-state index in [1.807, 2.05) is 19.1 Å². The topological polar surface area (TPSA) is 49.9 Å². The van der Waals surface area contributed by atoms with Crippen molar-refractivity contribution in [2.24, 2.45) is 0 Å². The van der Waals surface area contributed by atoms with Gasteiger partial charge in [-0.15, -0.1) is 0 Å². The fourth-order valence-electron chi connectivity index (χ4n) is 3.00. The lowest BCUT2D eigenvalue weighted by atomic mass is 10.1. The quantitative estimate of drug-likeness (QED) is 0.827. The maximum Gasteiger partial charge on any atom is 0.243 e. The highest BCUT2D eigenvalue weighted by Crippen LogP contribution is 2.23. The van der Waals surface area contributed by atoms with Crippen LogP contribution in [0.15, 0.2) is 29.2 Å². The number of rotatable bonds is 5. The lowest BCUT2D eigenvalue weighted by Crippen LogP contribution is -2.58. The van der Waals surface area contributed by atoms with Crippen LogP contribution in [-0.2, 0) is 14.8 Å². The highest BCUT2D eigenvalue weighted by Gasteiger charge is 2.35. The second-order valence-electron chi connectivity index (χ2n) is 6.06. The van der Waals surface area contributed by atoms with Crippen molar-refractivity contribution in [2.75, 3.05) is 33.4 Å². The monoisotopic (exact) mass is 326 g/mol. The Hall–Kier alpha value is -0.950. The Balaban J connectivity index is 2.15. The molecule has 22 heavy (non-hydrogen) atoms. The van der Waals surface area contributed by atoms with Crippen molar-refractivity contribution in [2.45, 2.75) is 37.8 Å². The van der Waals surface area contributed by atoms with Crippen LogP contribution < -0.4 is 0 Å². The second kappa shape index (κ2) is 7.08. The summed E-state index contributed by atoms with van der Waals surface area (Å²) in [4.78, 5) is 2.69. The molecule has 0 bridgehead atoms. The van der Waals surface area contributed by atoms with Crippen LogP contribution in [0.5, 0.6) is 0 Å². The van der Waals surface area contributed by atoms with E-state index in [1.165, 1.54) is 0 Å². The number of aryl methyl sites for hydroxylation is 1. The predicted molar refractivity (Wildman–Crippen MR) is 87.4 cm³/mol. The molecular weight excluding hydrogens is 300 g/mol. The zero-order valence-corrected chi connectivity index (χ0v) is 14.6. The van der Waals surface area contributed by atoms with E-state index in [2.05, 4.69) is 18.7 Å². The molecule has 2 rings (SSSR count). The van der Waals surface area contributed by atoms with Crippen molar-refractivity contribution in [3.05, 3.63) is 29.8 Å². The molecule has 1 aliphatic heterocycles. The van der Waals surface area contributed by atoms with E-state index >= 15 is 0 Å². The minimum Gasteiger partial charge on any atom is -0.383 e. The Morgan fingerprint density at radius 1 is 1.14 bits per heavy atom. The molecule has 2 atom stereocenters. The first-order chi connectivity index (χ1) is 10.4. The van der Waals surface area contributed by atoms with Crippen molar-refractivity contribution in [1.29, 1.82) is 0 Å². The summed E-state index contributed by atoms with van der Waals surface area (Å²) in [6.45, 7) is 8.63. The summed E-state index contributed by atoms with van der Waals surface area (Å²) in [7, 11) is -1.73. The summed E-state index contributed by atoms with van der Waals surface area (Å²) in [6, 6.07) is 7.43. The highest BCUT2D eigenvalue weighted by atomic mass is 32.2. The highest BCUT2D eigenvalue weighted by molar-refractivity contribution is 7.89. The Bertz CT molecular complexity index is 574. The van der Waals surface area contributed by atoms with Gasteiger partial charge in [0.05, 0.1) is 11.5 Å². The molecule has 0 radical (unpaired) electrons. The molecule has 0 N–H and O–H groups in total. The Morgan fingerprint density at radius 2 is 1.68 bits per heavy atom. The average Bonchev–Trinajstić information content (AvgIpc) is 2.46. The molecule has 1 aliphatic rings. The number of methoxy groups -OCH3 is 1. The Morgan fingerprint density at radius 3 is 2.18 bits per heavy atom. The third kappa shape index (κ3) is 3.68. The maximum atomic E-state index is 12.8. The van der Waals surface area contributed by atoms with Gasteiger partial charge in [0.15, 0.2) is 0 Å². The smallest absolute Gasteiger partial charge is 0.243 e. The SMILES string of the molecule is COCCN1[C@H](C)CN(S(=O)(=O)c2ccc(C)cc2)C[C@@H]1C. The second-order valence-corrected chi connectivity index (χ2v) is 8.00. The third-order valence-electron chi connectivity index (χ3n) is 4.28. The minimum absolute atomic E-state index is 0.180. The molecule has 0 amide bonds. The summed E-state index contributed by atoms with van der Waals surface area (Å²) in [5.41, 5.74) is 1.06. The van der Waals surface area contributed by atoms with Gasteiger partial charge < -0.3 is 4.74 Å². The average molecular weight is 326 g/mol. The molecule has 1 aromatic carbocycles. The zero-order valence-electron chi connectivity index (χ0n) is 13.8. The van der Waals surface area contributed by atoms with E-state index in [1.54, 1.807) is 23.5 Å². The van der Waals surface area contributed by atoms with Gasteiger partial charge in [-0.1, -0.05) is 17.7 Å². The van der Waals surface area contributed by atoms with E-state index in [9.17, 15) is 8.42 Å². The molecule has 1 aromatic rings. The maximum absolute atomic E-state index is 12.8. The largest absolute Gasteiger partial charge is 0.383 e. The van der Waals surface area contributed by atoms with Gasteiger partial charge in [0.2, 0.25) is 10.0 Å². The molecule has 1 saturated heterocycles. The summed E-state index contributed by atoms with van der Waals surface area (Å²) in [6.07, 6.45) is 0. The fourth-order valence-corrected chi connectivity index (χ4v) is 4.60. The van der Waals surface area contributed by atoms with Crippen LogP contribution in [-0.4, -0.2) is 63.1 Å². The third-order valence-corrected chi connectivity index (χ3v) is 6.13. The van der Waals surface area contributed by atoms with Gasteiger partial charge in [-0.3, -0.25) is 4.90 Å². The first-order valence-corrected chi connectivity index (χ1v) is 9.11. The molecule has 1 fully saturated rings. The van der Waals surface area contributed by atoms with Crippen LogP contribution in [0.1, 0.15) is 19.4 Å². The number of piperazine rings is 1. The van der Waals surface area contributed by atoms with Gasteiger partial charge in [-0.2, -0.15) is 4.31 Å². The summed E-state index contributed by atoms with van der Waals surface area (Å²) >= 11 is 0. The van der Waals surface area contributed by atoms with Crippen molar-refractivity contribution in [3.8, 4) is 0 Å². The summed E-state index contributed by atoms with van der Waals surface area (Å²) < 4.78 is 32.3. The van der Waals surface area contributed by atoms with Crippen LogP contribution in [0.3, 0.4) is 0 Å².